The lowest BCUT2D eigenvalue weighted by Gasteiger charge is -2.39. The van der Waals surface area contributed by atoms with E-state index >= 15 is 0 Å². The summed E-state index contributed by atoms with van der Waals surface area (Å²) in [4.78, 5) is 25.2. The summed E-state index contributed by atoms with van der Waals surface area (Å²) in [6.45, 7) is 0. The number of hydrogen-bond donors (Lipinski definition) is 1. The van der Waals surface area contributed by atoms with E-state index in [2.05, 4.69) is 6.07 Å². The summed E-state index contributed by atoms with van der Waals surface area (Å²) in [5, 5.41) is 21.6. The number of nitro groups is 1. The second kappa shape index (κ2) is 8.06. The van der Waals surface area contributed by atoms with Crippen molar-refractivity contribution in [2.24, 2.45) is 5.73 Å². The van der Waals surface area contributed by atoms with Gasteiger partial charge in [-0.15, -0.1) is 0 Å². The second-order valence-corrected chi connectivity index (χ2v) is 8.02. The molecule has 0 amide bonds. The average molecular weight is 455 g/mol. The number of nitro benzene ring substituents is 1. The molecule has 7 nitrogen and oxygen atoms in total. The van der Waals surface area contributed by atoms with Crippen molar-refractivity contribution in [2.75, 3.05) is 4.90 Å². The van der Waals surface area contributed by atoms with Gasteiger partial charge in [0.1, 0.15) is 5.82 Å². The van der Waals surface area contributed by atoms with E-state index in [1.165, 1.54) is 12.1 Å². The van der Waals surface area contributed by atoms with Crippen molar-refractivity contribution in [3.05, 3.63) is 90.9 Å². The molecule has 31 heavy (non-hydrogen) atoms. The molecule has 0 bridgehead atoms. The number of Topliss-reactive ketones (excluding diaryl/α,β-unsaturated/α-hetero) is 1. The van der Waals surface area contributed by atoms with Crippen LogP contribution in [0.25, 0.3) is 0 Å². The van der Waals surface area contributed by atoms with E-state index in [0.29, 0.717) is 46.8 Å². The molecule has 0 aromatic heterocycles. The summed E-state index contributed by atoms with van der Waals surface area (Å²) in [7, 11) is 0. The molecule has 1 aliphatic heterocycles. The van der Waals surface area contributed by atoms with Gasteiger partial charge in [-0.05, 0) is 36.6 Å². The molecule has 9 heteroatoms. The molecule has 0 saturated heterocycles. The number of benzene rings is 2. The van der Waals surface area contributed by atoms with E-state index < -0.39 is 10.8 Å². The van der Waals surface area contributed by atoms with Gasteiger partial charge in [0.2, 0.25) is 0 Å². The van der Waals surface area contributed by atoms with Crippen LogP contribution in [0.4, 0.5) is 11.4 Å². The smallest absolute Gasteiger partial charge is 0.269 e. The number of carbonyl (C=O) groups is 1. The quantitative estimate of drug-likeness (QED) is 0.502. The highest BCUT2D eigenvalue weighted by Crippen LogP contribution is 2.48. The number of nitriles is 1. The lowest BCUT2D eigenvalue weighted by molar-refractivity contribution is -0.384. The predicted octanol–water partition coefficient (Wildman–Crippen LogP) is 5.21. The van der Waals surface area contributed by atoms with Gasteiger partial charge in [-0.2, -0.15) is 5.26 Å². The third kappa shape index (κ3) is 3.44. The Morgan fingerprint density at radius 3 is 2.52 bits per heavy atom. The van der Waals surface area contributed by atoms with Crippen molar-refractivity contribution in [3.8, 4) is 6.07 Å². The maximum absolute atomic E-state index is 13.1. The number of hydrogen-bond acceptors (Lipinski definition) is 6. The van der Waals surface area contributed by atoms with Crippen LogP contribution in [0.3, 0.4) is 0 Å². The largest absolute Gasteiger partial charge is 0.384 e. The zero-order valence-electron chi connectivity index (χ0n) is 16.1. The van der Waals surface area contributed by atoms with Gasteiger partial charge in [0.15, 0.2) is 5.78 Å². The minimum absolute atomic E-state index is 0.0682. The fourth-order valence-electron chi connectivity index (χ4n) is 4.16. The molecule has 0 spiro atoms. The van der Waals surface area contributed by atoms with Gasteiger partial charge in [-0.3, -0.25) is 19.8 Å². The van der Waals surface area contributed by atoms with Crippen molar-refractivity contribution < 1.29 is 9.72 Å². The minimum atomic E-state index is -0.728. The molecule has 0 saturated carbocycles. The summed E-state index contributed by atoms with van der Waals surface area (Å²) in [5.74, 6) is -0.659. The van der Waals surface area contributed by atoms with E-state index in [9.17, 15) is 20.2 Å². The van der Waals surface area contributed by atoms with E-state index in [4.69, 9.17) is 28.9 Å². The topological polar surface area (TPSA) is 113 Å². The molecule has 2 aromatic rings. The van der Waals surface area contributed by atoms with Crippen LogP contribution in [0.15, 0.2) is 65.1 Å². The highest BCUT2D eigenvalue weighted by molar-refractivity contribution is 6.42. The first-order valence-corrected chi connectivity index (χ1v) is 10.2. The number of anilines is 1. The molecule has 2 aliphatic rings. The summed E-state index contributed by atoms with van der Waals surface area (Å²) in [5.41, 5.74) is 8.77. The van der Waals surface area contributed by atoms with Crippen LogP contribution in [-0.2, 0) is 4.79 Å². The molecule has 1 heterocycles. The van der Waals surface area contributed by atoms with Crippen LogP contribution in [0, 0.1) is 21.4 Å². The maximum atomic E-state index is 13.1. The Kier molecular flexibility index (Phi) is 5.44. The SMILES string of the molecule is N#CC1=C(N)N(c2ccc([N+](=O)[O-])cc2)C2=C(C(=O)CCC2)C1c1cccc(Cl)c1Cl. The molecule has 0 radical (unpaired) electrons. The van der Waals surface area contributed by atoms with E-state index in [0.717, 1.165) is 0 Å². The van der Waals surface area contributed by atoms with E-state index in [-0.39, 0.29) is 27.9 Å². The van der Waals surface area contributed by atoms with Crippen LogP contribution in [0.5, 0.6) is 0 Å². The first-order valence-electron chi connectivity index (χ1n) is 9.49. The van der Waals surface area contributed by atoms with Gasteiger partial charge in [-0.25, -0.2) is 0 Å². The number of nitrogens with zero attached hydrogens (tertiary/aromatic N) is 3. The first kappa shape index (κ1) is 20.9. The molecule has 1 unspecified atom stereocenters. The Morgan fingerprint density at radius 1 is 1.16 bits per heavy atom. The summed E-state index contributed by atoms with van der Waals surface area (Å²) in [6.07, 6.45) is 1.54. The molecule has 1 aliphatic carbocycles. The zero-order valence-corrected chi connectivity index (χ0v) is 17.7. The van der Waals surface area contributed by atoms with Crippen molar-refractivity contribution in [3.63, 3.8) is 0 Å². The van der Waals surface area contributed by atoms with Gasteiger partial charge in [0.25, 0.3) is 5.69 Å². The van der Waals surface area contributed by atoms with E-state index in [1.54, 1.807) is 35.2 Å². The van der Waals surface area contributed by atoms with Crippen molar-refractivity contribution in [1.29, 1.82) is 5.26 Å². The number of ketones is 1. The van der Waals surface area contributed by atoms with Crippen LogP contribution < -0.4 is 10.6 Å². The highest BCUT2D eigenvalue weighted by atomic mass is 35.5. The van der Waals surface area contributed by atoms with Gasteiger partial charge < -0.3 is 5.73 Å². The van der Waals surface area contributed by atoms with Gasteiger partial charge >= 0.3 is 0 Å². The lowest BCUT2D eigenvalue weighted by atomic mass is 9.75. The maximum Gasteiger partial charge on any atom is 0.269 e. The predicted molar refractivity (Wildman–Crippen MR) is 117 cm³/mol. The lowest BCUT2D eigenvalue weighted by Crippen LogP contribution is -2.38. The minimum Gasteiger partial charge on any atom is -0.384 e. The highest BCUT2D eigenvalue weighted by Gasteiger charge is 2.41. The van der Waals surface area contributed by atoms with Crippen LogP contribution in [-0.4, -0.2) is 10.7 Å². The molecule has 2 N–H and O–H groups in total. The molecule has 2 aromatic carbocycles. The average Bonchev–Trinajstić information content (AvgIpc) is 2.75. The molecule has 0 fully saturated rings. The molecular weight excluding hydrogens is 439 g/mol. The van der Waals surface area contributed by atoms with Gasteiger partial charge in [-0.1, -0.05) is 35.3 Å². The normalized spacial score (nSPS) is 18.7. The summed E-state index contributed by atoms with van der Waals surface area (Å²) < 4.78 is 0. The second-order valence-electron chi connectivity index (χ2n) is 7.23. The van der Waals surface area contributed by atoms with E-state index in [1.807, 2.05) is 0 Å². The summed E-state index contributed by atoms with van der Waals surface area (Å²) >= 11 is 12.7. The summed E-state index contributed by atoms with van der Waals surface area (Å²) in [6, 6.07) is 13.1. The third-order valence-electron chi connectivity index (χ3n) is 5.52. The number of allylic oxidation sites excluding steroid dienone is 3. The molecule has 156 valence electrons. The number of non-ortho nitro benzene ring substituents is 1. The Bertz CT molecular complexity index is 1210. The fraction of sp³-hybridized carbons (Fsp3) is 0.182. The van der Waals surface area contributed by atoms with Crippen LogP contribution in [0.2, 0.25) is 10.0 Å². The number of nitrogens with two attached hydrogens (primary N) is 1. The standard InChI is InChI=1S/C22H16Cl2N4O3/c23-16-4-1-3-14(21(16)24)19-15(11-25)22(26)27(17-5-2-6-18(29)20(17)19)12-7-9-13(10-8-12)28(30)31/h1,3-4,7-10,19H,2,5-6,26H2. The number of carbonyl (C=O) groups excluding carboxylic acids is 1. The Balaban J connectivity index is 1.96. The van der Waals surface area contributed by atoms with Crippen LogP contribution >= 0.6 is 23.2 Å². The number of rotatable bonds is 3. The van der Waals surface area contributed by atoms with Crippen molar-refractivity contribution in [1.82, 2.24) is 0 Å². The fourth-order valence-corrected chi connectivity index (χ4v) is 4.58. The zero-order chi connectivity index (χ0) is 22.3. The third-order valence-corrected chi connectivity index (χ3v) is 6.36. The van der Waals surface area contributed by atoms with Gasteiger partial charge in [0.05, 0.1) is 32.5 Å². The Morgan fingerprint density at radius 2 is 1.87 bits per heavy atom. The Labute approximate surface area is 188 Å². The first-order chi connectivity index (χ1) is 14.8. The van der Waals surface area contributed by atoms with Crippen molar-refractivity contribution in [2.45, 2.75) is 25.2 Å². The molecule has 1 atom stereocenters. The van der Waals surface area contributed by atoms with Gasteiger partial charge in [0, 0.05) is 35.5 Å². The molecular formula is C22H16Cl2N4O3. The van der Waals surface area contributed by atoms with Crippen molar-refractivity contribution >= 4 is 40.4 Å². The monoisotopic (exact) mass is 454 g/mol. The number of halogens is 2. The Hall–Kier alpha value is -3.34. The van der Waals surface area contributed by atoms with Crippen LogP contribution in [0.1, 0.15) is 30.7 Å². The molecule has 4 rings (SSSR count).